The van der Waals surface area contributed by atoms with E-state index in [4.69, 9.17) is 10.2 Å². The molecule has 1 heterocycles. The van der Waals surface area contributed by atoms with Crippen LogP contribution in [0, 0.1) is 0 Å². The van der Waals surface area contributed by atoms with Gasteiger partial charge in [-0.2, -0.15) is 0 Å². The summed E-state index contributed by atoms with van der Waals surface area (Å²) in [5, 5.41) is 0. The average molecular weight is 298 g/mol. The number of thioether (sulfide) groups is 1. The molecule has 0 amide bonds. The zero-order valence-electron chi connectivity index (χ0n) is 8.65. The van der Waals surface area contributed by atoms with Crippen molar-refractivity contribution in [2.75, 3.05) is 5.73 Å². The standard InChI is InChI=1S/C12H12BrNOS/c13-10-4-9(5-11(14)6-10)7-16-8-12-2-1-3-15-12/h1-6H,7-8,14H2. The van der Waals surface area contributed by atoms with E-state index in [1.165, 1.54) is 5.56 Å². The highest BCUT2D eigenvalue weighted by molar-refractivity contribution is 9.10. The number of hydrogen-bond donors (Lipinski definition) is 1. The van der Waals surface area contributed by atoms with E-state index in [0.717, 1.165) is 27.4 Å². The van der Waals surface area contributed by atoms with Gasteiger partial charge in [-0.3, -0.25) is 0 Å². The Bertz CT molecular complexity index is 436. The third kappa shape index (κ3) is 3.32. The number of rotatable bonds is 4. The Balaban J connectivity index is 1.89. The zero-order chi connectivity index (χ0) is 11.4. The minimum absolute atomic E-state index is 0.794. The van der Waals surface area contributed by atoms with Crippen molar-refractivity contribution in [2.24, 2.45) is 0 Å². The number of nitrogen functional groups attached to an aromatic ring is 1. The molecule has 1 aromatic carbocycles. The minimum Gasteiger partial charge on any atom is -0.468 e. The van der Waals surface area contributed by atoms with E-state index in [9.17, 15) is 0 Å². The van der Waals surface area contributed by atoms with Crippen molar-refractivity contribution in [1.29, 1.82) is 0 Å². The fourth-order valence-electron chi connectivity index (χ4n) is 1.42. The fourth-order valence-corrected chi connectivity index (χ4v) is 2.85. The van der Waals surface area contributed by atoms with Gasteiger partial charge >= 0.3 is 0 Å². The summed E-state index contributed by atoms with van der Waals surface area (Å²) in [6, 6.07) is 9.89. The summed E-state index contributed by atoms with van der Waals surface area (Å²) >= 11 is 5.25. The molecule has 16 heavy (non-hydrogen) atoms. The monoisotopic (exact) mass is 297 g/mol. The molecule has 0 fully saturated rings. The third-order valence-corrected chi connectivity index (χ3v) is 3.56. The predicted molar refractivity (Wildman–Crippen MR) is 72.3 cm³/mol. The van der Waals surface area contributed by atoms with E-state index in [-0.39, 0.29) is 0 Å². The Morgan fingerprint density at radius 3 is 2.81 bits per heavy atom. The molecular formula is C12H12BrNOS. The fraction of sp³-hybridized carbons (Fsp3) is 0.167. The van der Waals surface area contributed by atoms with Crippen LogP contribution in [0.3, 0.4) is 0 Å². The van der Waals surface area contributed by atoms with Gasteiger partial charge in [0.25, 0.3) is 0 Å². The van der Waals surface area contributed by atoms with Crippen LogP contribution >= 0.6 is 27.7 Å². The van der Waals surface area contributed by atoms with Crippen molar-refractivity contribution in [1.82, 2.24) is 0 Å². The molecular weight excluding hydrogens is 286 g/mol. The molecule has 0 radical (unpaired) electrons. The van der Waals surface area contributed by atoms with E-state index in [1.807, 2.05) is 36.0 Å². The molecule has 0 aliphatic rings. The number of benzene rings is 1. The van der Waals surface area contributed by atoms with Gasteiger partial charge in [0.05, 0.1) is 12.0 Å². The molecule has 0 spiro atoms. The quantitative estimate of drug-likeness (QED) is 0.865. The second-order valence-corrected chi connectivity index (χ2v) is 5.37. The molecule has 2 rings (SSSR count). The lowest BCUT2D eigenvalue weighted by atomic mass is 10.2. The van der Waals surface area contributed by atoms with Crippen LogP contribution < -0.4 is 5.73 Å². The lowest BCUT2D eigenvalue weighted by molar-refractivity contribution is 0.530. The molecule has 0 saturated carbocycles. The second kappa shape index (κ2) is 5.46. The van der Waals surface area contributed by atoms with Gasteiger partial charge in [-0.1, -0.05) is 15.9 Å². The Hall–Kier alpha value is -0.870. The van der Waals surface area contributed by atoms with Crippen molar-refractivity contribution in [3.63, 3.8) is 0 Å². The van der Waals surface area contributed by atoms with Crippen LogP contribution in [0.1, 0.15) is 11.3 Å². The predicted octanol–water partition coefficient (Wildman–Crippen LogP) is 4.06. The molecule has 0 saturated heterocycles. The maximum atomic E-state index is 5.77. The Labute approximate surface area is 107 Å². The summed E-state index contributed by atoms with van der Waals surface area (Å²) < 4.78 is 6.29. The van der Waals surface area contributed by atoms with Gasteiger partial charge in [0.15, 0.2) is 0 Å². The van der Waals surface area contributed by atoms with Crippen molar-refractivity contribution < 1.29 is 4.42 Å². The smallest absolute Gasteiger partial charge is 0.113 e. The first kappa shape index (κ1) is 11.6. The number of nitrogens with two attached hydrogens (primary N) is 1. The number of halogens is 1. The van der Waals surface area contributed by atoms with Gasteiger partial charge in [-0.05, 0) is 35.9 Å². The first-order valence-corrected chi connectivity index (χ1v) is 6.84. The summed E-state index contributed by atoms with van der Waals surface area (Å²) in [5.41, 5.74) is 7.79. The number of anilines is 1. The summed E-state index contributed by atoms with van der Waals surface area (Å²) in [6.07, 6.45) is 1.70. The second-order valence-electron chi connectivity index (χ2n) is 3.46. The molecule has 4 heteroatoms. The van der Waals surface area contributed by atoms with E-state index in [1.54, 1.807) is 6.26 Å². The highest BCUT2D eigenvalue weighted by Gasteiger charge is 2.00. The van der Waals surface area contributed by atoms with Gasteiger partial charge < -0.3 is 10.2 Å². The van der Waals surface area contributed by atoms with Crippen molar-refractivity contribution >= 4 is 33.4 Å². The van der Waals surface area contributed by atoms with Crippen molar-refractivity contribution in [3.8, 4) is 0 Å². The van der Waals surface area contributed by atoms with Crippen molar-refractivity contribution in [2.45, 2.75) is 11.5 Å². The first-order chi connectivity index (χ1) is 7.74. The molecule has 84 valence electrons. The average Bonchev–Trinajstić information content (AvgIpc) is 2.69. The van der Waals surface area contributed by atoms with Crippen LogP contribution in [-0.4, -0.2) is 0 Å². The largest absolute Gasteiger partial charge is 0.468 e. The molecule has 2 N–H and O–H groups in total. The Morgan fingerprint density at radius 1 is 1.25 bits per heavy atom. The minimum atomic E-state index is 0.794. The maximum absolute atomic E-state index is 5.77. The normalized spacial score (nSPS) is 10.6. The third-order valence-electron chi connectivity index (χ3n) is 2.07. The van der Waals surface area contributed by atoms with Gasteiger partial charge in [0, 0.05) is 15.9 Å². The van der Waals surface area contributed by atoms with Gasteiger partial charge in [-0.25, -0.2) is 0 Å². The lowest BCUT2D eigenvalue weighted by Crippen LogP contribution is -1.88. The molecule has 0 aliphatic carbocycles. The maximum Gasteiger partial charge on any atom is 0.113 e. The molecule has 2 nitrogen and oxygen atoms in total. The van der Waals surface area contributed by atoms with Crippen LogP contribution in [0.25, 0.3) is 0 Å². The molecule has 1 aromatic heterocycles. The first-order valence-electron chi connectivity index (χ1n) is 4.89. The van der Waals surface area contributed by atoms with Crippen LogP contribution in [-0.2, 0) is 11.5 Å². The van der Waals surface area contributed by atoms with Crippen LogP contribution in [0.5, 0.6) is 0 Å². The van der Waals surface area contributed by atoms with Gasteiger partial charge in [0.1, 0.15) is 5.76 Å². The molecule has 0 atom stereocenters. The number of furan rings is 1. The molecule has 2 aromatic rings. The van der Waals surface area contributed by atoms with Gasteiger partial charge in [0.2, 0.25) is 0 Å². The van der Waals surface area contributed by atoms with E-state index < -0.39 is 0 Å². The summed E-state index contributed by atoms with van der Waals surface area (Å²) in [6.45, 7) is 0. The van der Waals surface area contributed by atoms with Crippen LogP contribution in [0.4, 0.5) is 5.69 Å². The van der Waals surface area contributed by atoms with Crippen LogP contribution in [0.15, 0.2) is 45.5 Å². The Kier molecular flexibility index (Phi) is 3.96. The summed E-state index contributed by atoms with van der Waals surface area (Å²) in [4.78, 5) is 0. The van der Waals surface area contributed by atoms with E-state index in [2.05, 4.69) is 22.0 Å². The van der Waals surface area contributed by atoms with E-state index >= 15 is 0 Å². The van der Waals surface area contributed by atoms with E-state index in [0.29, 0.717) is 0 Å². The Morgan fingerprint density at radius 2 is 2.12 bits per heavy atom. The topological polar surface area (TPSA) is 39.2 Å². The molecule has 0 unspecified atom stereocenters. The molecule has 0 bridgehead atoms. The molecule has 0 aliphatic heterocycles. The zero-order valence-corrected chi connectivity index (χ0v) is 11.1. The number of hydrogen-bond acceptors (Lipinski definition) is 3. The highest BCUT2D eigenvalue weighted by Crippen LogP contribution is 2.23. The highest BCUT2D eigenvalue weighted by atomic mass is 79.9. The van der Waals surface area contributed by atoms with Crippen molar-refractivity contribution in [3.05, 3.63) is 52.4 Å². The van der Waals surface area contributed by atoms with Crippen LogP contribution in [0.2, 0.25) is 0 Å². The summed E-state index contributed by atoms with van der Waals surface area (Å²) in [5.74, 6) is 2.83. The van der Waals surface area contributed by atoms with Gasteiger partial charge in [-0.15, -0.1) is 11.8 Å². The summed E-state index contributed by atoms with van der Waals surface area (Å²) in [7, 11) is 0. The lowest BCUT2D eigenvalue weighted by Gasteiger charge is -2.03. The SMILES string of the molecule is Nc1cc(Br)cc(CSCc2ccco2)c1.